The van der Waals surface area contributed by atoms with E-state index in [1.165, 1.54) is 6.07 Å². The molecular formula is C18H25NO4. The van der Waals surface area contributed by atoms with Crippen LogP contribution in [0.5, 0.6) is 5.75 Å². The lowest BCUT2D eigenvalue weighted by molar-refractivity contribution is -0.167. The summed E-state index contributed by atoms with van der Waals surface area (Å²) in [5.74, 6) is 0.705. The van der Waals surface area contributed by atoms with Crippen LogP contribution >= 0.6 is 0 Å². The highest BCUT2D eigenvalue weighted by Gasteiger charge is 2.49. The van der Waals surface area contributed by atoms with Gasteiger partial charge >= 0.3 is 0 Å². The number of ether oxygens (including phenoxy) is 2. The molecule has 5 nitrogen and oxygen atoms in total. The zero-order valence-corrected chi connectivity index (χ0v) is 13.7. The quantitative estimate of drug-likeness (QED) is 0.847. The topological polar surface area (TPSA) is 59.0 Å². The summed E-state index contributed by atoms with van der Waals surface area (Å²) in [7, 11) is 0. The average molecular weight is 319 g/mol. The Morgan fingerprint density at radius 3 is 3.04 bits per heavy atom. The van der Waals surface area contributed by atoms with Gasteiger partial charge in [0.25, 0.3) is 5.91 Å². The van der Waals surface area contributed by atoms with Gasteiger partial charge in [-0.1, -0.05) is 6.07 Å². The van der Waals surface area contributed by atoms with Crippen molar-refractivity contribution < 1.29 is 19.4 Å². The zero-order chi connectivity index (χ0) is 16.3. The van der Waals surface area contributed by atoms with Gasteiger partial charge in [0, 0.05) is 25.4 Å². The van der Waals surface area contributed by atoms with Gasteiger partial charge in [0.2, 0.25) is 0 Å². The van der Waals surface area contributed by atoms with Crippen molar-refractivity contribution >= 4 is 5.91 Å². The maximum atomic E-state index is 12.4. The smallest absolute Gasteiger partial charge is 0.254 e. The molecular weight excluding hydrogens is 294 g/mol. The first-order chi connectivity index (χ1) is 11.1. The fourth-order valence-corrected chi connectivity index (χ4v) is 3.60. The molecule has 0 aromatic heterocycles. The number of carbonyl (C=O) groups excluding carboxylic acids is 1. The van der Waals surface area contributed by atoms with Crippen LogP contribution in [0.15, 0.2) is 24.3 Å². The largest absolute Gasteiger partial charge is 0.508 e. The number of amides is 1. The Labute approximate surface area is 137 Å². The van der Waals surface area contributed by atoms with E-state index in [4.69, 9.17) is 9.47 Å². The second-order valence-electron chi connectivity index (χ2n) is 6.59. The van der Waals surface area contributed by atoms with Crippen LogP contribution in [0.1, 0.15) is 36.5 Å². The molecule has 0 saturated carbocycles. The second kappa shape index (κ2) is 6.89. The van der Waals surface area contributed by atoms with E-state index in [0.717, 1.165) is 39.1 Å². The molecule has 23 heavy (non-hydrogen) atoms. The van der Waals surface area contributed by atoms with Gasteiger partial charge < -0.3 is 19.5 Å². The lowest BCUT2D eigenvalue weighted by Crippen LogP contribution is -2.66. The van der Waals surface area contributed by atoms with E-state index in [2.05, 4.69) is 0 Å². The van der Waals surface area contributed by atoms with Gasteiger partial charge in [-0.2, -0.15) is 0 Å². The van der Waals surface area contributed by atoms with Crippen LogP contribution in [0.2, 0.25) is 0 Å². The molecule has 2 heterocycles. The summed E-state index contributed by atoms with van der Waals surface area (Å²) in [5.41, 5.74) is 0.366. The van der Waals surface area contributed by atoms with Gasteiger partial charge in [0.05, 0.1) is 13.1 Å². The van der Waals surface area contributed by atoms with Crippen LogP contribution in [0.25, 0.3) is 0 Å². The normalized spacial score (nSPS) is 22.8. The van der Waals surface area contributed by atoms with Crippen molar-refractivity contribution in [2.24, 2.45) is 5.92 Å². The number of carbonyl (C=O) groups is 1. The van der Waals surface area contributed by atoms with Gasteiger partial charge in [-0.25, -0.2) is 0 Å². The standard InChI is InChI=1S/C18H25NO4/c1-2-22-8-6-14-7-9-23-18(11-14)12-19(13-18)17(21)15-4-3-5-16(20)10-15/h3-5,10,14,20H,2,6-9,11-13H2,1H3/t14-/m1/s1. The second-order valence-corrected chi connectivity index (χ2v) is 6.59. The Morgan fingerprint density at radius 1 is 1.48 bits per heavy atom. The molecule has 1 atom stereocenters. The Balaban J connectivity index is 1.53. The molecule has 126 valence electrons. The molecule has 0 unspecified atom stereocenters. The van der Waals surface area contributed by atoms with Crippen LogP contribution in [-0.4, -0.2) is 54.4 Å². The van der Waals surface area contributed by atoms with Crippen molar-refractivity contribution in [1.82, 2.24) is 4.90 Å². The molecule has 2 aliphatic rings. The van der Waals surface area contributed by atoms with E-state index in [1.807, 2.05) is 6.92 Å². The number of nitrogens with zero attached hydrogens (tertiary/aromatic N) is 1. The first-order valence-electron chi connectivity index (χ1n) is 8.42. The average Bonchev–Trinajstić information content (AvgIpc) is 2.52. The molecule has 2 saturated heterocycles. The van der Waals surface area contributed by atoms with Gasteiger partial charge in [-0.3, -0.25) is 4.79 Å². The van der Waals surface area contributed by atoms with Crippen molar-refractivity contribution in [1.29, 1.82) is 0 Å². The van der Waals surface area contributed by atoms with E-state index in [-0.39, 0.29) is 17.3 Å². The molecule has 2 fully saturated rings. The van der Waals surface area contributed by atoms with E-state index in [0.29, 0.717) is 24.6 Å². The predicted molar refractivity (Wildman–Crippen MR) is 86.5 cm³/mol. The summed E-state index contributed by atoms with van der Waals surface area (Å²) in [5, 5.41) is 9.51. The molecule has 1 amide bonds. The van der Waals surface area contributed by atoms with Crippen molar-refractivity contribution in [3.63, 3.8) is 0 Å². The van der Waals surface area contributed by atoms with Gasteiger partial charge in [0.15, 0.2) is 0 Å². The molecule has 5 heteroatoms. The molecule has 2 aliphatic heterocycles. The molecule has 1 aromatic rings. The lowest BCUT2D eigenvalue weighted by atomic mass is 9.79. The summed E-state index contributed by atoms with van der Waals surface area (Å²) in [6.45, 7) is 5.65. The number of phenols is 1. The van der Waals surface area contributed by atoms with Gasteiger partial charge in [0.1, 0.15) is 11.4 Å². The first-order valence-corrected chi connectivity index (χ1v) is 8.42. The van der Waals surface area contributed by atoms with Crippen LogP contribution in [0.3, 0.4) is 0 Å². The van der Waals surface area contributed by atoms with Crippen molar-refractivity contribution in [2.75, 3.05) is 32.9 Å². The Kier molecular flexibility index (Phi) is 4.87. The molecule has 1 N–H and O–H groups in total. The van der Waals surface area contributed by atoms with Crippen LogP contribution in [-0.2, 0) is 9.47 Å². The van der Waals surface area contributed by atoms with E-state index in [1.54, 1.807) is 23.1 Å². The van der Waals surface area contributed by atoms with E-state index in [9.17, 15) is 9.90 Å². The third kappa shape index (κ3) is 3.67. The Hall–Kier alpha value is -1.59. The van der Waals surface area contributed by atoms with Gasteiger partial charge in [-0.05, 0) is 50.3 Å². The number of hydrogen-bond donors (Lipinski definition) is 1. The summed E-state index contributed by atoms with van der Waals surface area (Å²) in [6.07, 6.45) is 3.15. The number of likely N-dealkylation sites (tertiary alicyclic amines) is 1. The maximum absolute atomic E-state index is 12.4. The number of rotatable bonds is 5. The molecule has 1 aromatic carbocycles. The highest BCUT2D eigenvalue weighted by molar-refractivity contribution is 5.95. The fourth-order valence-electron chi connectivity index (χ4n) is 3.60. The Morgan fingerprint density at radius 2 is 2.30 bits per heavy atom. The molecule has 0 bridgehead atoms. The highest BCUT2D eigenvalue weighted by Crippen LogP contribution is 2.38. The molecule has 0 radical (unpaired) electrons. The maximum Gasteiger partial charge on any atom is 0.254 e. The number of benzene rings is 1. The summed E-state index contributed by atoms with van der Waals surface area (Å²) >= 11 is 0. The Bertz CT molecular complexity index is 554. The highest BCUT2D eigenvalue weighted by atomic mass is 16.5. The summed E-state index contributed by atoms with van der Waals surface area (Å²) in [4.78, 5) is 14.2. The van der Waals surface area contributed by atoms with Crippen LogP contribution < -0.4 is 0 Å². The predicted octanol–water partition coefficient (Wildman–Crippen LogP) is 2.44. The number of aromatic hydroxyl groups is 1. The minimum atomic E-state index is -0.165. The minimum absolute atomic E-state index is 0.0356. The van der Waals surface area contributed by atoms with Crippen molar-refractivity contribution in [2.45, 2.75) is 31.8 Å². The molecule has 3 rings (SSSR count). The fraction of sp³-hybridized carbons (Fsp3) is 0.611. The molecule has 1 spiro atoms. The SMILES string of the molecule is CCOCC[C@@H]1CCOC2(C1)CN(C(=O)c1cccc(O)c1)C2. The third-order valence-electron chi connectivity index (χ3n) is 4.81. The minimum Gasteiger partial charge on any atom is -0.508 e. The number of phenolic OH excluding ortho intramolecular Hbond substituents is 1. The van der Waals surface area contributed by atoms with Crippen molar-refractivity contribution in [3.05, 3.63) is 29.8 Å². The zero-order valence-electron chi connectivity index (χ0n) is 13.7. The summed E-state index contributed by atoms with van der Waals surface area (Å²) < 4.78 is 11.4. The lowest BCUT2D eigenvalue weighted by Gasteiger charge is -2.53. The van der Waals surface area contributed by atoms with Crippen LogP contribution in [0, 0.1) is 5.92 Å². The van der Waals surface area contributed by atoms with Crippen molar-refractivity contribution in [3.8, 4) is 5.75 Å². The molecule has 0 aliphatic carbocycles. The summed E-state index contributed by atoms with van der Waals surface area (Å²) in [6, 6.07) is 6.51. The third-order valence-corrected chi connectivity index (χ3v) is 4.81. The van der Waals surface area contributed by atoms with Gasteiger partial charge in [-0.15, -0.1) is 0 Å². The van der Waals surface area contributed by atoms with E-state index >= 15 is 0 Å². The van der Waals surface area contributed by atoms with E-state index < -0.39 is 0 Å². The first kappa shape index (κ1) is 16.3. The van der Waals surface area contributed by atoms with Crippen LogP contribution in [0.4, 0.5) is 0 Å². The number of hydrogen-bond acceptors (Lipinski definition) is 4. The monoisotopic (exact) mass is 319 g/mol.